The molecule has 1 unspecified atom stereocenters. The first-order valence-electron chi connectivity index (χ1n) is 7.79. The molecule has 1 aromatic rings. The van der Waals surface area contributed by atoms with E-state index in [4.69, 9.17) is 9.47 Å². The first-order valence-corrected chi connectivity index (χ1v) is 8.78. The fraction of sp³-hybridized carbons (Fsp3) is 0.647. The van der Waals surface area contributed by atoms with Gasteiger partial charge in [-0.25, -0.2) is 0 Å². The van der Waals surface area contributed by atoms with Gasteiger partial charge in [-0.3, -0.25) is 0 Å². The number of nitrogens with one attached hydrogen (secondary N) is 1. The van der Waals surface area contributed by atoms with Crippen molar-refractivity contribution in [3.05, 3.63) is 17.7 Å². The Hall–Kier alpha value is -0.870. The molecule has 0 bridgehead atoms. The molecular weight excluding hydrogens is 282 g/mol. The monoisotopic (exact) mass is 309 g/mol. The zero-order chi connectivity index (χ0) is 15.5. The van der Waals surface area contributed by atoms with Gasteiger partial charge in [-0.2, -0.15) is 0 Å². The molecular formula is C17H27NO2S. The van der Waals surface area contributed by atoms with Crippen molar-refractivity contribution in [2.24, 2.45) is 0 Å². The Balaban J connectivity index is 2.47. The van der Waals surface area contributed by atoms with E-state index in [1.165, 1.54) is 10.5 Å². The van der Waals surface area contributed by atoms with Crippen LogP contribution in [0.4, 0.5) is 0 Å². The van der Waals surface area contributed by atoms with Gasteiger partial charge in [0, 0.05) is 22.2 Å². The predicted molar refractivity (Wildman–Crippen MR) is 89.8 cm³/mol. The molecule has 3 nitrogen and oxygen atoms in total. The van der Waals surface area contributed by atoms with Crippen LogP contribution in [0, 0.1) is 0 Å². The summed E-state index contributed by atoms with van der Waals surface area (Å²) in [4.78, 5) is 1.32. The summed E-state index contributed by atoms with van der Waals surface area (Å²) >= 11 is 1.94. The molecule has 0 fully saturated rings. The van der Waals surface area contributed by atoms with Crippen molar-refractivity contribution in [1.29, 1.82) is 0 Å². The van der Waals surface area contributed by atoms with Crippen LogP contribution in [0.3, 0.4) is 0 Å². The first kappa shape index (κ1) is 16.5. The van der Waals surface area contributed by atoms with Crippen molar-refractivity contribution in [3.8, 4) is 11.5 Å². The smallest absolute Gasteiger partial charge is 0.161 e. The summed E-state index contributed by atoms with van der Waals surface area (Å²) in [6.45, 7) is 6.80. The maximum Gasteiger partial charge on any atom is 0.161 e. The number of benzene rings is 1. The Kier molecular flexibility index (Phi) is 5.44. The van der Waals surface area contributed by atoms with E-state index >= 15 is 0 Å². The van der Waals surface area contributed by atoms with Crippen molar-refractivity contribution < 1.29 is 9.47 Å². The van der Waals surface area contributed by atoms with Gasteiger partial charge >= 0.3 is 0 Å². The number of methoxy groups -OCH3 is 2. The molecule has 0 radical (unpaired) electrons. The van der Waals surface area contributed by atoms with Crippen LogP contribution in [-0.2, 0) is 0 Å². The molecule has 4 heteroatoms. The highest BCUT2D eigenvalue weighted by molar-refractivity contribution is 7.99. The van der Waals surface area contributed by atoms with Gasteiger partial charge in [0.05, 0.1) is 14.2 Å². The second-order valence-corrected chi connectivity index (χ2v) is 6.64. The molecule has 21 heavy (non-hydrogen) atoms. The van der Waals surface area contributed by atoms with Gasteiger partial charge in [-0.1, -0.05) is 20.8 Å². The predicted octanol–water partition coefficient (Wildman–Crippen LogP) is 4.41. The van der Waals surface area contributed by atoms with E-state index in [0.29, 0.717) is 6.04 Å². The van der Waals surface area contributed by atoms with Gasteiger partial charge in [-0.15, -0.1) is 11.8 Å². The molecule has 0 aromatic heterocycles. The minimum atomic E-state index is 0.213. The second-order valence-electron chi connectivity index (χ2n) is 5.63. The van der Waals surface area contributed by atoms with Crippen molar-refractivity contribution in [2.45, 2.75) is 56.5 Å². The number of ether oxygens (including phenoxy) is 2. The van der Waals surface area contributed by atoms with Crippen molar-refractivity contribution in [1.82, 2.24) is 5.32 Å². The van der Waals surface area contributed by atoms with Crippen molar-refractivity contribution in [3.63, 3.8) is 0 Å². The Morgan fingerprint density at radius 2 is 1.76 bits per heavy atom. The lowest BCUT2D eigenvalue weighted by Crippen LogP contribution is -2.47. The number of hydrogen-bond acceptors (Lipinski definition) is 4. The van der Waals surface area contributed by atoms with Crippen LogP contribution < -0.4 is 14.8 Å². The van der Waals surface area contributed by atoms with Crippen LogP contribution >= 0.6 is 11.8 Å². The molecule has 1 aliphatic heterocycles. The molecule has 0 amide bonds. The maximum atomic E-state index is 5.48. The third-order valence-corrected chi connectivity index (χ3v) is 6.00. The van der Waals surface area contributed by atoms with Gasteiger partial charge in [0.25, 0.3) is 0 Å². The molecule has 1 N–H and O–H groups in total. The highest BCUT2D eigenvalue weighted by Gasteiger charge is 2.33. The standard InChI is InChI=1S/C17H27NO2S/c1-6-13-12-9-14(19-4)15(20-5)10-16(12)21-11-17(7-2,8-3)18-13/h9-10,13,18H,6-8,11H2,1-5H3. The Labute approximate surface area is 132 Å². The third-order valence-electron chi connectivity index (χ3n) is 4.64. The van der Waals surface area contributed by atoms with Gasteiger partial charge in [0.15, 0.2) is 11.5 Å². The van der Waals surface area contributed by atoms with Crippen LogP contribution in [0.25, 0.3) is 0 Å². The molecule has 0 spiro atoms. The normalized spacial score (nSPS) is 20.5. The van der Waals surface area contributed by atoms with E-state index in [-0.39, 0.29) is 5.54 Å². The Morgan fingerprint density at radius 3 is 2.29 bits per heavy atom. The molecule has 118 valence electrons. The zero-order valence-corrected chi connectivity index (χ0v) is 14.6. The van der Waals surface area contributed by atoms with Crippen molar-refractivity contribution >= 4 is 11.8 Å². The largest absolute Gasteiger partial charge is 0.493 e. The lowest BCUT2D eigenvalue weighted by molar-refractivity contribution is 0.293. The number of rotatable bonds is 5. The summed E-state index contributed by atoms with van der Waals surface area (Å²) < 4.78 is 10.9. The lowest BCUT2D eigenvalue weighted by Gasteiger charge is -2.34. The molecule has 1 aliphatic rings. The number of thioether (sulfide) groups is 1. The number of hydrogen-bond donors (Lipinski definition) is 1. The highest BCUT2D eigenvalue weighted by Crippen LogP contribution is 2.43. The third kappa shape index (κ3) is 3.16. The average Bonchev–Trinajstić information content (AvgIpc) is 2.70. The van der Waals surface area contributed by atoms with Gasteiger partial charge in [-0.05, 0) is 37.0 Å². The zero-order valence-electron chi connectivity index (χ0n) is 13.8. The molecule has 0 aliphatic carbocycles. The maximum absolute atomic E-state index is 5.48. The van der Waals surface area contributed by atoms with Gasteiger partial charge in [0.2, 0.25) is 0 Å². The van der Waals surface area contributed by atoms with E-state index in [1.807, 2.05) is 11.8 Å². The molecule has 2 rings (SSSR count). The second kappa shape index (κ2) is 6.93. The fourth-order valence-corrected chi connectivity index (χ4v) is 4.44. The van der Waals surface area contributed by atoms with E-state index in [0.717, 1.165) is 36.5 Å². The molecule has 1 aromatic carbocycles. The summed E-state index contributed by atoms with van der Waals surface area (Å²) in [5.41, 5.74) is 1.55. The number of fused-ring (bicyclic) bond motifs is 1. The SMILES string of the molecule is CCC1NC(CC)(CC)CSc2cc(OC)c(OC)cc21. The van der Waals surface area contributed by atoms with Crippen LogP contribution in [0.2, 0.25) is 0 Å². The minimum absolute atomic E-state index is 0.213. The Bertz CT molecular complexity index is 486. The van der Waals surface area contributed by atoms with Gasteiger partial charge < -0.3 is 14.8 Å². The quantitative estimate of drug-likeness (QED) is 0.873. The van der Waals surface area contributed by atoms with Crippen molar-refractivity contribution in [2.75, 3.05) is 20.0 Å². The summed E-state index contributed by atoms with van der Waals surface area (Å²) in [7, 11) is 3.40. The topological polar surface area (TPSA) is 30.5 Å². The fourth-order valence-electron chi connectivity index (χ4n) is 2.96. The molecule has 1 atom stereocenters. The molecule has 1 heterocycles. The highest BCUT2D eigenvalue weighted by atomic mass is 32.2. The van der Waals surface area contributed by atoms with E-state index < -0.39 is 0 Å². The summed E-state index contributed by atoms with van der Waals surface area (Å²) in [5.74, 6) is 2.73. The van der Waals surface area contributed by atoms with E-state index in [2.05, 4.69) is 38.2 Å². The molecule has 0 saturated carbocycles. The van der Waals surface area contributed by atoms with Crippen LogP contribution in [0.1, 0.15) is 51.6 Å². The molecule has 0 saturated heterocycles. The average molecular weight is 309 g/mol. The summed E-state index contributed by atoms with van der Waals surface area (Å²) in [6.07, 6.45) is 3.37. The van der Waals surface area contributed by atoms with Gasteiger partial charge in [0.1, 0.15) is 0 Å². The minimum Gasteiger partial charge on any atom is -0.493 e. The first-order chi connectivity index (χ1) is 10.1. The van der Waals surface area contributed by atoms with Crippen LogP contribution in [0.15, 0.2) is 17.0 Å². The van der Waals surface area contributed by atoms with E-state index in [1.54, 1.807) is 14.2 Å². The lowest BCUT2D eigenvalue weighted by atomic mass is 9.92. The Morgan fingerprint density at radius 1 is 1.14 bits per heavy atom. The van der Waals surface area contributed by atoms with Crippen LogP contribution in [-0.4, -0.2) is 25.5 Å². The van der Waals surface area contributed by atoms with E-state index in [9.17, 15) is 0 Å². The summed E-state index contributed by atoms with van der Waals surface area (Å²) in [5, 5.41) is 3.91. The van der Waals surface area contributed by atoms with Crippen LogP contribution in [0.5, 0.6) is 11.5 Å². The summed E-state index contributed by atoms with van der Waals surface area (Å²) in [6, 6.07) is 4.64.